The van der Waals surface area contributed by atoms with Crippen molar-refractivity contribution in [3.05, 3.63) is 29.3 Å². The molecule has 24 heavy (non-hydrogen) atoms. The van der Waals surface area contributed by atoms with Gasteiger partial charge in [-0.15, -0.1) is 0 Å². The quantitative estimate of drug-likeness (QED) is 0.695. The first-order chi connectivity index (χ1) is 11.2. The van der Waals surface area contributed by atoms with Crippen LogP contribution in [0.25, 0.3) is 0 Å². The van der Waals surface area contributed by atoms with Crippen LogP contribution in [0, 0.1) is 0 Å². The van der Waals surface area contributed by atoms with Gasteiger partial charge < -0.3 is 15.7 Å². The second kappa shape index (κ2) is 7.85. The second-order valence-electron chi connectivity index (χ2n) is 6.08. The van der Waals surface area contributed by atoms with Crippen LogP contribution in [0.1, 0.15) is 30.9 Å². The van der Waals surface area contributed by atoms with Crippen LogP contribution in [0.15, 0.2) is 18.2 Å². The number of carbonyl (C=O) groups excluding carboxylic acids is 1. The Kier molecular flexibility index (Phi) is 6.06. The Morgan fingerprint density at radius 2 is 2.12 bits per heavy atom. The summed E-state index contributed by atoms with van der Waals surface area (Å²) < 4.78 is 37.6. The van der Waals surface area contributed by atoms with Gasteiger partial charge in [-0.05, 0) is 37.0 Å². The molecule has 1 aliphatic heterocycles. The highest BCUT2D eigenvalue weighted by atomic mass is 19.4. The van der Waals surface area contributed by atoms with Crippen LogP contribution in [0.2, 0.25) is 0 Å². The largest absolute Gasteiger partial charge is 0.401 e. The van der Waals surface area contributed by atoms with E-state index in [1.54, 1.807) is 25.1 Å². The van der Waals surface area contributed by atoms with Crippen LogP contribution < -0.4 is 10.6 Å². The summed E-state index contributed by atoms with van der Waals surface area (Å²) in [6, 6.07) is 4.78. The molecule has 0 bridgehead atoms. The third-order valence-electron chi connectivity index (χ3n) is 3.78. The van der Waals surface area contributed by atoms with Gasteiger partial charge in [0.2, 0.25) is 0 Å². The number of benzene rings is 1. The number of nitrogens with one attached hydrogen (secondary N) is 2. The first-order valence-electron chi connectivity index (χ1n) is 7.87. The zero-order valence-corrected chi connectivity index (χ0v) is 13.5. The molecule has 1 aromatic rings. The molecular formula is C16H22F3N3O2. The number of amides is 2. The summed E-state index contributed by atoms with van der Waals surface area (Å²) in [5.74, 6) is 0. The maximum atomic E-state index is 12.5. The van der Waals surface area contributed by atoms with Crippen LogP contribution in [-0.2, 0) is 13.1 Å². The van der Waals surface area contributed by atoms with E-state index >= 15 is 0 Å². The van der Waals surface area contributed by atoms with E-state index in [2.05, 4.69) is 10.6 Å². The summed E-state index contributed by atoms with van der Waals surface area (Å²) in [5, 5.41) is 14.5. The normalized spacial score (nSPS) is 15.9. The van der Waals surface area contributed by atoms with Gasteiger partial charge in [0.1, 0.15) is 0 Å². The highest BCUT2D eigenvalue weighted by molar-refractivity contribution is 5.90. The lowest BCUT2D eigenvalue weighted by Gasteiger charge is -2.17. The predicted octanol–water partition coefficient (Wildman–Crippen LogP) is 2.85. The maximum absolute atomic E-state index is 12.5. The van der Waals surface area contributed by atoms with Crippen molar-refractivity contribution in [1.82, 2.24) is 10.2 Å². The molecule has 2 amide bonds. The summed E-state index contributed by atoms with van der Waals surface area (Å²) >= 11 is 0. The zero-order chi connectivity index (χ0) is 17.7. The molecule has 2 rings (SSSR count). The van der Waals surface area contributed by atoms with Gasteiger partial charge in [0, 0.05) is 25.3 Å². The van der Waals surface area contributed by atoms with Gasteiger partial charge in [0.05, 0.1) is 12.6 Å². The Labute approximate surface area is 138 Å². The fourth-order valence-corrected chi connectivity index (χ4v) is 2.74. The molecule has 0 saturated carbocycles. The SMILES string of the molecule is CC(O)CCCNC(=O)Nc1cccc2c1CN(CC(F)(F)F)C2. The fraction of sp³-hybridized carbons (Fsp3) is 0.562. The van der Waals surface area contributed by atoms with Gasteiger partial charge in [-0.1, -0.05) is 12.1 Å². The Morgan fingerprint density at radius 1 is 1.38 bits per heavy atom. The number of nitrogens with zero attached hydrogens (tertiary/aromatic N) is 1. The average molecular weight is 345 g/mol. The van der Waals surface area contributed by atoms with E-state index in [0.29, 0.717) is 25.1 Å². The van der Waals surface area contributed by atoms with Gasteiger partial charge in [0.25, 0.3) is 0 Å². The Bertz CT molecular complexity index is 576. The van der Waals surface area contributed by atoms with Gasteiger partial charge in [-0.3, -0.25) is 4.90 Å². The zero-order valence-electron chi connectivity index (χ0n) is 13.5. The second-order valence-corrected chi connectivity index (χ2v) is 6.08. The monoisotopic (exact) mass is 345 g/mol. The molecular weight excluding hydrogens is 323 g/mol. The van der Waals surface area contributed by atoms with Crippen LogP contribution in [0.4, 0.5) is 23.7 Å². The summed E-state index contributed by atoms with van der Waals surface area (Å²) in [7, 11) is 0. The van der Waals surface area contributed by atoms with Gasteiger partial charge in [-0.2, -0.15) is 13.2 Å². The van der Waals surface area contributed by atoms with E-state index in [4.69, 9.17) is 5.11 Å². The Morgan fingerprint density at radius 3 is 2.79 bits per heavy atom. The third-order valence-corrected chi connectivity index (χ3v) is 3.78. The van der Waals surface area contributed by atoms with Crippen molar-refractivity contribution in [3.8, 4) is 0 Å². The van der Waals surface area contributed by atoms with Crippen molar-refractivity contribution in [1.29, 1.82) is 0 Å². The number of urea groups is 1. The van der Waals surface area contributed by atoms with E-state index in [-0.39, 0.29) is 13.1 Å². The first kappa shape index (κ1) is 18.5. The van der Waals surface area contributed by atoms with Gasteiger partial charge >= 0.3 is 12.2 Å². The van der Waals surface area contributed by atoms with E-state index in [1.165, 1.54) is 4.90 Å². The van der Waals surface area contributed by atoms with Crippen molar-refractivity contribution in [2.45, 2.75) is 45.1 Å². The maximum Gasteiger partial charge on any atom is 0.401 e. The summed E-state index contributed by atoms with van der Waals surface area (Å²) in [6.45, 7) is 1.52. The number of halogens is 3. The van der Waals surface area contributed by atoms with E-state index in [9.17, 15) is 18.0 Å². The smallest absolute Gasteiger partial charge is 0.393 e. The molecule has 1 aromatic carbocycles. The average Bonchev–Trinajstić information content (AvgIpc) is 2.84. The number of aliphatic hydroxyl groups is 1. The summed E-state index contributed by atoms with van der Waals surface area (Å²) in [5.41, 5.74) is 2.05. The molecule has 5 nitrogen and oxygen atoms in total. The molecule has 8 heteroatoms. The molecule has 134 valence electrons. The number of fused-ring (bicyclic) bond motifs is 1. The number of carbonyl (C=O) groups is 1. The number of anilines is 1. The van der Waals surface area contributed by atoms with E-state index < -0.39 is 24.9 Å². The molecule has 1 aliphatic rings. The van der Waals surface area contributed by atoms with Gasteiger partial charge in [-0.25, -0.2) is 4.79 Å². The lowest BCUT2D eigenvalue weighted by molar-refractivity contribution is -0.146. The molecule has 0 aliphatic carbocycles. The predicted molar refractivity (Wildman–Crippen MR) is 84.5 cm³/mol. The van der Waals surface area contributed by atoms with Crippen LogP contribution in [0.3, 0.4) is 0 Å². The Balaban J connectivity index is 1.90. The van der Waals surface area contributed by atoms with Crippen molar-refractivity contribution in [3.63, 3.8) is 0 Å². The molecule has 3 N–H and O–H groups in total. The summed E-state index contributed by atoms with van der Waals surface area (Å²) in [4.78, 5) is 13.2. The molecule has 0 fully saturated rings. The highest BCUT2D eigenvalue weighted by Crippen LogP contribution is 2.31. The standard InChI is InChI=1S/C16H22F3N3O2/c1-11(23)4-3-7-20-15(24)21-14-6-2-5-12-8-22(9-13(12)14)10-16(17,18)19/h2,5-6,11,23H,3-4,7-10H2,1H3,(H2,20,21,24). The molecule has 1 heterocycles. The van der Waals surface area contributed by atoms with Crippen LogP contribution in [0.5, 0.6) is 0 Å². The Hall–Kier alpha value is -1.80. The van der Waals surface area contributed by atoms with Crippen molar-refractivity contribution < 1.29 is 23.1 Å². The molecule has 0 spiro atoms. The molecule has 0 radical (unpaired) electrons. The molecule has 0 aromatic heterocycles. The number of aliphatic hydroxyl groups excluding tert-OH is 1. The topological polar surface area (TPSA) is 64.6 Å². The van der Waals surface area contributed by atoms with Crippen LogP contribution >= 0.6 is 0 Å². The summed E-state index contributed by atoms with van der Waals surface area (Å²) in [6.07, 6.45) is -3.41. The number of hydrogen-bond acceptors (Lipinski definition) is 3. The molecule has 0 saturated heterocycles. The minimum atomic E-state index is -4.24. The molecule has 1 atom stereocenters. The number of hydrogen-bond donors (Lipinski definition) is 3. The first-order valence-corrected chi connectivity index (χ1v) is 7.87. The van der Waals surface area contributed by atoms with E-state index in [1.807, 2.05) is 0 Å². The molecule has 1 unspecified atom stereocenters. The van der Waals surface area contributed by atoms with Gasteiger partial charge in [0.15, 0.2) is 0 Å². The lowest BCUT2D eigenvalue weighted by atomic mass is 10.1. The van der Waals surface area contributed by atoms with E-state index in [0.717, 1.165) is 11.1 Å². The minimum absolute atomic E-state index is 0.160. The van der Waals surface area contributed by atoms with Crippen LogP contribution in [-0.4, -0.2) is 41.4 Å². The third kappa shape index (κ3) is 5.68. The number of rotatable bonds is 6. The lowest BCUT2D eigenvalue weighted by Crippen LogP contribution is -2.31. The number of alkyl halides is 3. The highest BCUT2D eigenvalue weighted by Gasteiger charge is 2.34. The van der Waals surface area contributed by atoms with Crippen molar-refractivity contribution >= 4 is 11.7 Å². The minimum Gasteiger partial charge on any atom is -0.393 e. The fourth-order valence-electron chi connectivity index (χ4n) is 2.74. The van der Waals surface area contributed by atoms with Crippen molar-refractivity contribution in [2.75, 3.05) is 18.4 Å². The van der Waals surface area contributed by atoms with Crippen molar-refractivity contribution in [2.24, 2.45) is 0 Å².